The van der Waals surface area contributed by atoms with Crippen molar-refractivity contribution >= 4 is 49.0 Å². The lowest BCUT2D eigenvalue weighted by Gasteiger charge is -2.06. The first kappa shape index (κ1) is 14.8. The first-order chi connectivity index (χ1) is 8.90. The van der Waals surface area contributed by atoms with E-state index >= 15 is 0 Å². The van der Waals surface area contributed by atoms with E-state index in [9.17, 15) is 8.42 Å². The molecule has 19 heavy (non-hydrogen) atoms. The Balaban J connectivity index is 2.37. The van der Waals surface area contributed by atoms with Crippen LogP contribution in [0.3, 0.4) is 0 Å². The van der Waals surface area contributed by atoms with Crippen LogP contribution < -0.4 is 0 Å². The van der Waals surface area contributed by atoms with Crippen LogP contribution in [0.2, 0.25) is 10.2 Å². The van der Waals surface area contributed by atoms with Crippen LogP contribution in [-0.2, 0) is 15.6 Å². The third kappa shape index (κ3) is 3.48. The monoisotopic (exact) mass is 379 g/mol. The smallest absolute Gasteiger partial charge is 0.185 e. The Bertz CT molecular complexity index is 719. The molecule has 0 spiro atoms. The highest BCUT2D eigenvalue weighted by molar-refractivity contribution is 9.10. The highest BCUT2D eigenvalue weighted by Gasteiger charge is 2.19. The van der Waals surface area contributed by atoms with E-state index in [0.29, 0.717) is 10.2 Å². The molecule has 7 heteroatoms. The molecule has 1 aromatic heterocycles. The Morgan fingerprint density at radius 2 is 1.79 bits per heavy atom. The van der Waals surface area contributed by atoms with Crippen molar-refractivity contribution in [1.82, 2.24) is 4.98 Å². The second-order valence-corrected chi connectivity index (χ2v) is 7.34. The van der Waals surface area contributed by atoms with Crippen LogP contribution in [0.25, 0.3) is 0 Å². The standard InChI is InChI=1S/C12H8BrCl2NO2S/c13-9-6-5-8(16-12(9)15)7-19(17,18)11-4-2-1-3-10(11)14/h1-6H,7H2. The van der Waals surface area contributed by atoms with Crippen LogP contribution in [0.4, 0.5) is 0 Å². The van der Waals surface area contributed by atoms with E-state index in [4.69, 9.17) is 23.2 Å². The van der Waals surface area contributed by atoms with Gasteiger partial charge in [0, 0.05) is 0 Å². The van der Waals surface area contributed by atoms with E-state index in [-0.39, 0.29) is 20.8 Å². The number of sulfone groups is 1. The van der Waals surface area contributed by atoms with Gasteiger partial charge in [0.05, 0.1) is 25.8 Å². The Morgan fingerprint density at radius 3 is 2.42 bits per heavy atom. The van der Waals surface area contributed by atoms with Gasteiger partial charge >= 0.3 is 0 Å². The van der Waals surface area contributed by atoms with E-state index in [2.05, 4.69) is 20.9 Å². The van der Waals surface area contributed by atoms with Crippen LogP contribution in [0.15, 0.2) is 45.8 Å². The molecule has 2 rings (SSSR count). The third-order valence-electron chi connectivity index (χ3n) is 2.37. The third-order valence-corrected chi connectivity index (χ3v) is 5.67. The fourth-order valence-electron chi connectivity index (χ4n) is 1.50. The SMILES string of the molecule is O=S(=O)(Cc1ccc(Br)c(Cl)n1)c1ccccc1Cl. The molecule has 0 N–H and O–H groups in total. The van der Waals surface area contributed by atoms with Gasteiger partial charge in [-0.05, 0) is 40.2 Å². The highest BCUT2D eigenvalue weighted by atomic mass is 79.9. The minimum absolute atomic E-state index is 0.0949. The average Bonchev–Trinajstić information content (AvgIpc) is 2.34. The summed E-state index contributed by atoms with van der Waals surface area (Å²) >= 11 is 14.9. The van der Waals surface area contributed by atoms with Gasteiger partial charge in [0.1, 0.15) is 5.15 Å². The largest absolute Gasteiger partial charge is 0.239 e. The van der Waals surface area contributed by atoms with Gasteiger partial charge in [0.15, 0.2) is 9.84 Å². The van der Waals surface area contributed by atoms with Crippen molar-refractivity contribution in [3.8, 4) is 0 Å². The van der Waals surface area contributed by atoms with Crippen molar-refractivity contribution in [2.75, 3.05) is 0 Å². The Kier molecular flexibility index (Phi) is 4.50. The summed E-state index contributed by atoms with van der Waals surface area (Å²) in [4.78, 5) is 4.10. The summed E-state index contributed by atoms with van der Waals surface area (Å²) in [6, 6.07) is 9.57. The van der Waals surface area contributed by atoms with E-state index in [1.54, 1.807) is 24.3 Å². The second kappa shape index (κ2) is 5.79. The van der Waals surface area contributed by atoms with E-state index < -0.39 is 9.84 Å². The zero-order valence-corrected chi connectivity index (χ0v) is 13.4. The number of halogens is 3. The first-order valence-electron chi connectivity index (χ1n) is 5.18. The predicted molar refractivity (Wildman–Crippen MR) is 79.3 cm³/mol. The predicted octanol–water partition coefficient (Wildman–Crippen LogP) is 4.12. The Hall–Kier alpha value is -0.620. The Morgan fingerprint density at radius 1 is 1.11 bits per heavy atom. The highest BCUT2D eigenvalue weighted by Crippen LogP contribution is 2.25. The lowest BCUT2D eigenvalue weighted by atomic mass is 10.4. The average molecular weight is 381 g/mol. The van der Waals surface area contributed by atoms with Crippen molar-refractivity contribution in [1.29, 1.82) is 0 Å². The van der Waals surface area contributed by atoms with Gasteiger partial charge in [-0.2, -0.15) is 0 Å². The number of pyridine rings is 1. The molecule has 1 aromatic carbocycles. The van der Waals surface area contributed by atoms with Crippen molar-refractivity contribution < 1.29 is 8.42 Å². The normalized spacial score (nSPS) is 11.5. The lowest BCUT2D eigenvalue weighted by Crippen LogP contribution is -2.07. The fraction of sp³-hybridized carbons (Fsp3) is 0.0833. The number of rotatable bonds is 3. The van der Waals surface area contributed by atoms with E-state index in [1.165, 1.54) is 12.1 Å². The summed E-state index contributed by atoms with van der Waals surface area (Å²) in [6.07, 6.45) is 0. The van der Waals surface area contributed by atoms with Crippen LogP contribution in [-0.4, -0.2) is 13.4 Å². The van der Waals surface area contributed by atoms with Crippen LogP contribution in [0.1, 0.15) is 5.69 Å². The molecule has 0 saturated heterocycles. The molecule has 0 aliphatic carbocycles. The maximum atomic E-state index is 12.2. The molecule has 0 atom stereocenters. The van der Waals surface area contributed by atoms with Gasteiger partial charge in [0.25, 0.3) is 0 Å². The summed E-state index contributed by atoms with van der Waals surface area (Å²) in [6.45, 7) is 0. The van der Waals surface area contributed by atoms with Crippen molar-refractivity contribution in [2.45, 2.75) is 10.6 Å². The molecule has 1 heterocycles. The van der Waals surface area contributed by atoms with Gasteiger partial charge in [-0.25, -0.2) is 13.4 Å². The minimum atomic E-state index is -3.54. The first-order valence-corrected chi connectivity index (χ1v) is 8.38. The number of hydrogen-bond donors (Lipinski definition) is 0. The molecular formula is C12H8BrCl2NO2S. The van der Waals surface area contributed by atoms with E-state index in [0.717, 1.165) is 0 Å². The summed E-state index contributed by atoms with van der Waals surface area (Å²) < 4.78 is 25.1. The molecule has 0 radical (unpaired) electrons. The molecule has 0 aliphatic heterocycles. The quantitative estimate of drug-likeness (QED) is 0.752. The number of aromatic nitrogens is 1. The summed E-state index contributed by atoms with van der Waals surface area (Å²) in [5.74, 6) is -0.246. The van der Waals surface area contributed by atoms with Gasteiger partial charge in [-0.1, -0.05) is 35.3 Å². The van der Waals surface area contributed by atoms with Crippen LogP contribution in [0.5, 0.6) is 0 Å². The van der Waals surface area contributed by atoms with Gasteiger partial charge < -0.3 is 0 Å². The zero-order valence-electron chi connectivity index (χ0n) is 9.48. The molecule has 0 bridgehead atoms. The molecule has 0 amide bonds. The van der Waals surface area contributed by atoms with Gasteiger partial charge in [-0.15, -0.1) is 0 Å². The van der Waals surface area contributed by atoms with Crippen molar-refractivity contribution in [3.05, 3.63) is 56.7 Å². The van der Waals surface area contributed by atoms with Gasteiger partial charge in [0.2, 0.25) is 0 Å². The number of benzene rings is 1. The molecular weight excluding hydrogens is 373 g/mol. The summed E-state index contributed by atoms with van der Waals surface area (Å²) in [7, 11) is -3.54. The number of hydrogen-bond acceptors (Lipinski definition) is 3. The van der Waals surface area contributed by atoms with E-state index in [1.807, 2.05) is 0 Å². The molecule has 100 valence electrons. The zero-order chi connectivity index (χ0) is 14.0. The van der Waals surface area contributed by atoms with Crippen molar-refractivity contribution in [2.24, 2.45) is 0 Å². The molecule has 0 saturated carbocycles. The van der Waals surface area contributed by atoms with Crippen LogP contribution >= 0.6 is 39.1 Å². The molecule has 0 aliphatic rings. The Labute approximate surface area is 129 Å². The summed E-state index contributed by atoms with van der Waals surface area (Å²) in [5.41, 5.74) is 0.369. The fourth-order valence-corrected chi connectivity index (χ4v) is 3.74. The second-order valence-electron chi connectivity index (χ2n) is 3.76. The lowest BCUT2D eigenvalue weighted by molar-refractivity contribution is 0.594. The maximum absolute atomic E-state index is 12.2. The number of nitrogens with zero attached hydrogens (tertiary/aromatic N) is 1. The minimum Gasteiger partial charge on any atom is -0.239 e. The van der Waals surface area contributed by atoms with Gasteiger partial charge in [-0.3, -0.25) is 0 Å². The molecule has 0 fully saturated rings. The topological polar surface area (TPSA) is 47.0 Å². The maximum Gasteiger partial charge on any atom is 0.185 e. The van der Waals surface area contributed by atoms with Crippen LogP contribution in [0, 0.1) is 0 Å². The summed E-state index contributed by atoms with van der Waals surface area (Å²) in [5, 5.41) is 0.428. The molecule has 3 nitrogen and oxygen atoms in total. The molecule has 2 aromatic rings. The molecule has 0 unspecified atom stereocenters. The van der Waals surface area contributed by atoms with Crippen molar-refractivity contribution in [3.63, 3.8) is 0 Å².